The van der Waals surface area contributed by atoms with Gasteiger partial charge in [-0.05, 0) is 42.3 Å². The van der Waals surface area contributed by atoms with Crippen LogP contribution in [0.1, 0.15) is 31.1 Å². The summed E-state index contributed by atoms with van der Waals surface area (Å²) in [6.07, 6.45) is -0.950. The predicted octanol–water partition coefficient (Wildman–Crippen LogP) is 3.58. The van der Waals surface area contributed by atoms with E-state index < -0.39 is 18.0 Å². The smallest absolute Gasteiger partial charge is 0.319 e. The van der Waals surface area contributed by atoms with Gasteiger partial charge < -0.3 is 21.1 Å². The number of aliphatic hydroxyl groups is 1. The van der Waals surface area contributed by atoms with Crippen molar-refractivity contribution in [3.05, 3.63) is 59.4 Å². The molecule has 0 aromatic heterocycles. The Balaban J connectivity index is 1.94. The zero-order valence-corrected chi connectivity index (χ0v) is 15.5. The van der Waals surface area contributed by atoms with Gasteiger partial charge in [0.2, 0.25) is 5.91 Å². The van der Waals surface area contributed by atoms with Crippen LogP contribution in [0.2, 0.25) is 0 Å². The van der Waals surface area contributed by atoms with Gasteiger partial charge in [0.15, 0.2) is 0 Å². The minimum Gasteiger partial charge on any atom is -0.387 e. The molecule has 0 bridgehead atoms. The van der Waals surface area contributed by atoms with E-state index in [-0.39, 0.29) is 18.4 Å². The van der Waals surface area contributed by atoms with Gasteiger partial charge in [0, 0.05) is 23.8 Å². The quantitative estimate of drug-likeness (QED) is 0.624. The molecule has 0 aliphatic heterocycles. The summed E-state index contributed by atoms with van der Waals surface area (Å²) in [5.41, 5.74) is 2.46. The van der Waals surface area contributed by atoms with Crippen LogP contribution < -0.4 is 16.0 Å². The molecule has 7 heteroatoms. The average Bonchev–Trinajstić information content (AvgIpc) is 2.63. The Hall–Kier alpha value is -2.93. The number of urea groups is 1. The number of amides is 3. The largest absolute Gasteiger partial charge is 0.387 e. The van der Waals surface area contributed by atoms with Gasteiger partial charge in [-0.3, -0.25) is 4.79 Å². The van der Waals surface area contributed by atoms with Gasteiger partial charge >= 0.3 is 6.03 Å². The van der Waals surface area contributed by atoms with Gasteiger partial charge in [-0.1, -0.05) is 32.0 Å². The summed E-state index contributed by atoms with van der Waals surface area (Å²) in [6.45, 7) is 5.39. The summed E-state index contributed by atoms with van der Waals surface area (Å²) in [6, 6.07) is 10.2. The number of hydrogen-bond acceptors (Lipinski definition) is 3. The highest BCUT2D eigenvalue weighted by molar-refractivity contribution is 5.94. The van der Waals surface area contributed by atoms with Crippen LogP contribution in [0.25, 0.3) is 0 Å². The summed E-state index contributed by atoms with van der Waals surface area (Å²) < 4.78 is 12.9. The molecule has 3 amide bonds. The van der Waals surface area contributed by atoms with Crippen LogP contribution in [-0.2, 0) is 4.79 Å². The molecule has 6 nitrogen and oxygen atoms in total. The molecule has 0 spiro atoms. The summed E-state index contributed by atoms with van der Waals surface area (Å²) in [7, 11) is 0. The van der Waals surface area contributed by atoms with Gasteiger partial charge in [0.1, 0.15) is 5.82 Å². The monoisotopic (exact) mass is 373 g/mol. The predicted molar refractivity (Wildman–Crippen MR) is 103 cm³/mol. The molecule has 4 N–H and O–H groups in total. The third kappa shape index (κ3) is 6.07. The van der Waals surface area contributed by atoms with E-state index in [1.807, 2.05) is 6.92 Å². The van der Waals surface area contributed by atoms with E-state index >= 15 is 0 Å². The molecule has 0 radical (unpaired) electrons. The molecule has 2 aromatic rings. The van der Waals surface area contributed by atoms with Crippen LogP contribution in [0, 0.1) is 18.7 Å². The van der Waals surface area contributed by atoms with Crippen molar-refractivity contribution >= 4 is 23.3 Å². The first-order valence-electron chi connectivity index (χ1n) is 8.66. The van der Waals surface area contributed by atoms with Crippen molar-refractivity contribution in [1.82, 2.24) is 5.32 Å². The Morgan fingerprint density at radius 1 is 1.07 bits per heavy atom. The van der Waals surface area contributed by atoms with E-state index in [9.17, 15) is 19.1 Å². The molecule has 144 valence electrons. The molecule has 0 fully saturated rings. The molecular formula is C20H24FN3O3. The maximum atomic E-state index is 12.9. The van der Waals surface area contributed by atoms with Gasteiger partial charge in [-0.15, -0.1) is 0 Å². The molecule has 1 unspecified atom stereocenters. The molecule has 0 saturated heterocycles. The third-order valence-corrected chi connectivity index (χ3v) is 3.99. The SMILES string of the molecule is Cc1ccc(NC(=O)C(C)C)cc1NC(=O)NCC(O)c1ccc(F)cc1. The van der Waals surface area contributed by atoms with Crippen molar-refractivity contribution in [3.8, 4) is 0 Å². The van der Waals surface area contributed by atoms with Crippen molar-refractivity contribution in [3.63, 3.8) is 0 Å². The Bertz CT molecular complexity index is 807. The van der Waals surface area contributed by atoms with Crippen LogP contribution in [0.3, 0.4) is 0 Å². The summed E-state index contributed by atoms with van der Waals surface area (Å²) in [5, 5.41) is 18.1. The number of nitrogens with one attached hydrogen (secondary N) is 3. The first-order chi connectivity index (χ1) is 12.8. The standard InChI is InChI=1S/C20H24FN3O3/c1-12(2)19(26)23-16-9-4-13(3)17(10-16)24-20(27)22-11-18(25)14-5-7-15(21)8-6-14/h4-10,12,18,25H,11H2,1-3H3,(H,23,26)(H2,22,24,27). The normalized spacial score (nSPS) is 11.8. The number of benzene rings is 2. The van der Waals surface area contributed by atoms with Crippen molar-refractivity contribution in [2.45, 2.75) is 26.9 Å². The molecule has 0 aliphatic carbocycles. The molecule has 1 atom stereocenters. The molecular weight excluding hydrogens is 349 g/mol. The zero-order chi connectivity index (χ0) is 20.0. The number of aliphatic hydroxyl groups excluding tert-OH is 1. The zero-order valence-electron chi connectivity index (χ0n) is 15.5. The van der Waals surface area contributed by atoms with E-state index in [2.05, 4.69) is 16.0 Å². The van der Waals surface area contributed by atoms with Gasteiger partial charge in [0.25, 0.3) is 0 Å². The lowest BCUT2D eigenvalue weighted by Crippen LogP contribution is -2.32. The molecule has 2 aromatic carbocycles. The first-order valence-corrected chi connectivity index (χ1v) is 8.66. The number of anilines is 2. The fraction of sp³-hybridized carbons (Fsp3) is 0.300. The maximum Gasteiger partial charge on any atom is 0.319 e. The second-order valence-corrected chi connectivity index (χ2v) is 6.58. The van der Waals surface area contributed by atoms with E-state index in [1.165, 1.54) is 24.3 Å². The lowest BCUT2D eigenvalue weighted by molar-refractivity contribution is -0.118. The second kappa shape index (κ2) is 9.14. The topological polar surface area (TPSA) is 90.5 Å². The molecule has 2 rings (SSSR count). The van der Waals surface area contributed by atoms with E-state index in [4.69, 9.17) is 0 Å². The maximum absolute atomic E-state index is 12.9. The van der Waals surface area contributed by atoms with Gasteiger partial charge in [-0.25, -0.2) is 9.18 Å². The van der Waals surface area contributed by atoms with Gasteiger partial charge in [0.05, 0.1) is 6.10 Å². The molecule has 27 heavy (non-hydrogen) atoms. The number of carbonyl (C=O) groups is 2. The average molecular weight is 373 g/mol. The Morgan fingerprint density at radius 2 is 1.74 bits per heavy atom. The molecule has 0 aliphatic rings. The lowest BCUT2D eigenvalue weighted by Gasteiger charge is -2.15. The number of halogens is 1. The Morgan fingerprint density at radius 3 is 2.37 bits per heavy atom. The summed E-state index contributed by atoms with van der Waals surface area (Å²) in [5.74, 6) is -0.660. The van der Waals surface area contributed by atoms with Crippen molar-refractivity contribution < 1.29 is 19.1 Å². The van der Waals surface area contributed by atoms with Crippen molar-refractivity contribution in [1.29, 1.82) is 0 Å². The van der Waals surface area contributed by atoms with Crippen molar-refractivity contribution in [2.24, 2.45) is 5.92 Å². The summed E-state index contributed by atoms with van der Waals surface area (Å²) in [4.78, 5) is 23.9. The highest BCUT2D eigenvalue weighted by Crippen LogP contribution is 2.21. The number of rotatable bonds is 6. The van der Waals surface area contributed by atoms with Crippen LogP contribution >= 0.6 is 0 Å². The Labute approximate surface area is 157 Å². The Kier molecular flexibility index (Phi) is 6.90. The number of hydrogen-bond donors (Lipinski definition) is 4. The highest BCUT2D eigenvalue weighted by atomic mass is 19.1. The summed E-state index contributed by atoms with van der Waals surface area (Å²) >= 11 is 0. The van der Waals surface area contributed by atoms with Crippen LogP contribution in [0.5, 0.6) is 0 Å². The fourth-order valence-electron chi connectivity index (χ4n) is 2.28. The van der Waals surface area contributed by atoms with E-state index in [0.29, 0.717) is 16.9 Å². The van der Waals surface area contributed by atoms with Crippen LogP contribution in [0.15, 0.2) is 42.5 Å². The minimum absolute atomic E-state index is 0.0275. The van der Waals surface area contributed by atoms with Crippen LogP contribution in [-0.4, -0.2) is 23.6 Å². The molecule has 0 heterocycles. The second-order valence-electron chi connectivity index (χ2n) is 6.58. The van der Waals surface area contributed by atoms with E-state index in [0.717, 1.165) is 5.56 Å². The van der Waals surface area contributed by atoms with Crippen LogP contribution in [0.4, 0.5) is 20.6 Å². The fourth-order valence-corrected chi connectivity index (χ4v) is 2.28. The number of carbonyl (C=O) groups excluding carboxylic acids is 2. The van der Waals surface area contributed by atoms with Gasteiger partial charge in [-0.2, -0.15) is 0 Å². The highest BCUT2D eigenvalue weighted by Gasteiger charge is 2.12. The first kappa shape index (κ1) is 20.4. The molecule has 0 saturated carbocycles. The third-order valence-electron chi connectivity index (χ3n) is 3.99. The van der Waals surface area contributed by atoms with E-state index in [1.54, 1.807) is 32.0 Å². The lowest BCUT2D eigenvalue weighted by atomic mass is 10.1. The number of aryl methyl sites for hydroxylation is 1. The van der Waals surface area contributed by atoms with Crippen molar-refractivity contribution in [2.75, 3.05) is 17.2 Å². The minimum atomic E-state index is -0.950.